The third kappa shape index (κ3) is 4.73. The standard InChI is InChI=1S/C27H24N2O5/c1-34-27(33)22(16-18-10-4-2-5-11-18)28-24(30)23(17-19-12-6-3-7-13-19)29-25(31)20-14-8-9-15-21(20)26(29)32/h2-15,22-23H,16-17H2,1H3,(H,28,30)/t22-,23+/m1/s1. The molecule has 0 saturated carbocycles. The number of hydrogen-bond acceptors (Lipinski definition) is 5. The molecule has 0 aliphatic carbocycles. The van der Waals surface area contributed by atoms with E-state index in [2.05, 4.69) is 5.32 Å². The number of amides is 3. The van der Waals surface area contributed by atoms with Gasteiger partial charge in [0.1, 0.15) is 12.1 Å². The maximum atomic E-state index is 13.5. The molecule has 3 amide bonds. The molecule has 0 saturated heterocycles. The summed E-state index contributed by atoms with van der Waals surface area (Å²) in [6.07, 6.45) is 0.316. The lowest BCUT2D eigenvalue weighted by atomic mass is 10.0. The quantitative estimate of drug-likeness (QED) is 0.416. The van der Waals surface area contributed by atoms with E-state index in [0.29, 0.717) is 0 Å². The number of carbonyl (C=O) groups is 4. The average Bonchev–Trinajstić information content (AvgIpc) is 3.12. The zero-order valence-corrected chi connectivity index (χ0v) is 18.6. The van der Waals surface area contributed by atoms with Crippen LogP contribution in [0.15, 0.2) is 84.9 Å². The van der Waals surface area contributed by atoms with Gasteiger partial charge in [0.2, 0.25) is 5.91 Å². The van der Waals surface area contributed by atoms with Crippen LogP contribution in [0.3, 0.4) is 0 Å². The molecule has 7 heteroatoms. The van der Waals surface area contributed by atoms with Crippen molar-refractivity contribution in [2.75, 3.05) is 7.11 Å². The Balaban J connectivity index is 1.64. The Morgan fingerprint density at radius 1 is 0.765 bits per heavy atom. The number of esters is 1. The van der Waals surface area contributed by atoms with E-state index in [-0.39, 0.29) is 24.0 Å². The molecule has 1 aliphatic heterocycles. The molecule has 1 heterocycles. The van der Waals surface area contributed by atoms with Crippen LogP contribution in [0.1, 0.15) is 31.8 Å². The molecule has 3 aromatic rings. The second-order valence-electron chi connectivity index (χ2n) is 8.01. The van der Waals surface area contributed by atoms with Crippen LogP contribution in [0.25, 0.3) is 0 Å². The van der Waals surface area contributed by atoms with Crippen LogP contribution in [-0.2, 0) is 27.2 Å². The van der Waals surface area contributed by atoms with E-state index in [1.54, 1.807) is 24.3 Å². The number of fused-ring (bicyclic) bond motifs is 1. The Labute approximate surface area is 197 Å². The number of imide groups is 1. The van der Waals surface area contributed by atoms with Gasteiger partial charge in [0.05, 0.1) is 18.2 Å². The van der Waals surface area contributed by atoms with Gasteiger partial charge in [-0.25, -0.2) is 4.79 Å². The van der Waals surface area contributed by atoms with Gasteiger partial charge < -0.3 is 10.1 Å². The molecule has 0 aromatic heterocycles. The molecule has 0 bridgehead atoms. The predicted molar refractivity (Wildman–Crippen MR) is 125 cm³/mol. The molecule has 0 radical (unpaired) electrons. The Morgan fingerprint density at radius 2 is 1.24 bits per heavy atom. The summed E-state index contributed by atoms with van der Waals surface area (Å²) in [6, 6.07) is 22.7. The first-order valence-corrected chi connectivity index (χ1v) is 10.9. The van der Waals surface area contributed by atoms with Crippen LogP contribution < -0.4 is 5.32 Å². The molecular weight excluding hydrogens is 432 g/mol. The highest BCUT2D eigenvalue weighted by Crippen LogP contribution is 2.26. The van der Waals surface area contributed by atoms with Gasteiger partial charge in [-0.3, -0.25) is 19.3 Å². The minimum atomic E-state index is -1.14. The molecule has 0 fully saturated rings. The molecule has 4 rings (SSSR count). The van der Waals surface area contributed by atoms with Gasteiger partial charge in [-0.2, -0.15) is 0 Å². The van der Waals surface area contributed by atoms with Crippen molar-refractivity contribution in [2.24, 2.45) is 0 Å². The van der Waals surface area contributed by atoms with E-state index in [9.17, 15) is 19.2 Å². The fourth-order valence-electron chi connectivity index (χ4n) is 4.08. The number of hydrogen-bond donors (Lipinski definition) is 1. The van der Waals surface area contributed by atoms with Crippen molar-refractivity contribution in [1.82, 2.24) is 10.2 Å². The Bertz CT molecular complexity index is 1170. The lowest BCUT2D eigenvalue weighted by Gasteiger charge is -2.27. The van der Waals surface area contributed by atoms with Gasteiger partial charge in [0.15, 0.2) is 0 Å². The van der Waals surface area contributed by atoms with Gasteiger partial charge >= 0.3 is 5.97 Å². The lowest BCUT2D eigenvalue weighted by molar-refractivity contribution is -0.145. The van der Waals surface area contributed by atoms with Gasteiger partial charge in [0.25, 0.3) is 11.8 Å². The van der Waals surface area contributed by atoms with Gasteiger partial charge in [-0.1, -0.05) is 72.8 Å². The summed E-state index contributed by atoms with van der Waals surface area (Å²) in [5.74, 6) is -2.29. The highest BCUT2D eigenvalue weighted by molar-refractivity contribution is 6.22. The molecule has 3 aromatic carbocycles. The van der Waals surface area contributed by atoms with E-state index < -0.39 is 35.8 Å². The molecular formula is C27H24N2O5. The Kier molecular flexibility index (Phi) is 6.82. The predicted octanol–water partition coefficient (Wildman–Crippen LogP) is 2.79. The minimum Gasteiger partial charge on any atom is -0.467 e. The van der Waals surface area contributed by atoms with E-state index >= 15 is 0 Å². The first kappa shape index (κ1) is 22.9. The SMILES string of the molecule is COC(=O)[C@@H](Cc1ccccc1)NC(=O)[C@H](Cc1ccccc1)N1C(=O)c2ccccc2C1=O. The van der Waals surface area contributed by atoms with Crippen molar-refractivity contribution in [2.45, 2.75) is 24.9 Å². The van der Waals surface area contributed by atoms with Crippen molar-refractivity contribution in [3.05, 3.63) is 107 Å². The van der Waals surface area contributed by atoms with Crippen LogP contribution in [0.2, 0.25) is 0 Å². The monoisotopic (exact) mass is 456 g/mol. The van der Waals surface area contributed by atoms with Crippen LogP contribution >= 0.6 is 0 Å². The molecule has 1 N–H and O–H groups in total. The number of rotatable bonds is 8. The molecule has 0 spiro atoms. The Hall–Kier alpha value is -4.26. The van der Waals surface area contributed by atoms with Crippen LogP contribution in [-0.4, -0.2) is 47.8 Å². The van der Waals surface area contributed by atoms with Crippen molar-refractivity contribution in [3.8, 4) is 0 Å². The van der Waals surface area contributed by atoms with Crippen molar-refractivity contribution < 1.29 is 23.9 Å². The smallest absolute Gasteiger partial charge is 0.328 e. The largest absolute Gasteiger partial charge is 0.467 e. The third-order valence-electron chi connectivity index (χ3n) is 5.80. The zero-order valence-electron chi connectivity index (χ0n) is 18.6. The summed E-state index contributed by atoms with van der Waals surface area (Å²) in [6.45, 7) is 0. The second-order valence-corrected chi connectivity index (χ2v) is 8.01. The number of methoxy groups -OCH3 is 1. The number of benzene rings is 3. The highest BCUT2D eigenvalue weighted by atomic mass is 16.5. The zero-order chi connectivity index (χ0) is 24.1. The number of ether oxygens (including phenoxy) is 1. The van der Waals surface area contributed by atoms with E-state index in [0.717, 1.165) is 16.0 Å². The van der Waals surface area contributed by atoms with Gasteiger partial charge in [-0.05, 0) is 23.3 Å². The molecule has 1 aliphatic rings. The summed E-state index contributed by atoms with van der Waals surface area (Å²) in [4.78, 5) is 53.3. The summed E-state index contributed by atoms with van der Waals surface area (Å²) in [7, 11) is 1.25. The maximum absolute atomic E-state index is 13.5. The maximum Gasteiger partial charge on any atom is 0.328 e. The second kappa shape index (κ2) is 10.1. The van der Waals surface area contributed by atoms with Gasteiger partial charge in [-0.15, -0.1) is 0 Å². The molecule has 2 atom stereocenters. The summed E-state index contributed by atoms with van der Waals surface area (Å²) >= 11 is 0. The van der Waals surface area contributed by atoms with Crippen LogP contribution in [0.4, 0.5) is 0 Å². The van der Waals surface area contributed by atoms with Crippen molar-refractivity contribution >= 4 is 23.7 Å². The lowest BCUT2D eigenvalue weighted by Crippen LogP contribution is -2.54. The Morgan fingerprint density at radius 3 is 1.74 bits per heavy atom. The summed E-state index contributed by atoms with van der Waals surface area (Å²) < 4.78 is 4.90. The normalized spacial score (nSPS) is 14.3. The summed E-state index contributed by atoms with van der Waals surface area (Å²) in [5, 5.41) is 2.72. The highest BCUT2D eigenvalue weighted by Gasteiger charge is 2.43. The topological polar surface area (TPSA) is 92.8 Å². The van der Waals surface area contributed by atoms with Crippen LogP contribution in [0.5, 0.6) is 0 Å². The molecule has 0 unspecified atom stereocenters. The third-order valence-corrected chi connectivity index (χ3v) is 5.80. The molecule has 7 nitrogen and oxygen atoms in total. The van der Waals surface area contributed by atoms with Crippen LogP contribution in [0, 0.1) is 0 Å². The number of nitrogens with one attached hydrogen (secondary N) is 1. The minimum absolute atomic E-state index is 0.109. The first-order valence-electron chi connectivity index (χ1n) is 10.9. The van der Waals surface area contributed by atoms with E-state index in [1.807, 2.05) is 60.7 Å². The molecule has 34 heavy (non-hydrogen) atoms. The average molecular weight is 456 g/mol. The fraction of sp³-hybridized carbons (Fsp3) is 0.185. The molecule has 172 valence electrons. The van der Waals surface area contributed by atoms with Gasteiger partial charge in [0, 0.05) is 12.8 Å². The fourth-order valence-corrected chi connectivity index (χ4v) is 4.08. The van der Waals surface area contributed by atoms with Crippen molar-refractivity contribution in [3.63, 3.8) is 0 Å². The summed E-state index contributed by atoms with van der Waals surface area (Å²) in [5.41, 5.74) is 2.12. The van der Waals surface area contributed by atoms with Crippen molar-refractivity contribution in [1.29, 1.82) is 0 Å². The number of carbonyl (C=O) groups excluding carboxylic acids is 4. The number of nitrogens with zero attached hydrogens (tertiary/aromatic N) is 1. The van der Waals surface area contributed by atoms with E-state index in [4.69, 9.17) is 4.74 Å². The van der Waals surface area contributed by atoms with E-state index in [1.165, 1.54) is 7.11 Å². The first-order chi connectivity index (χ1) is 16.5.